The second kappa shape index (κ2) is 10.6. The molecule has 0 aromatic heterocycles. The van der Waals surface area contributed by atoms with Gasteiger partial charge in [0.2, 0.25) is 0 Å². The van der Waals surface area contributed by atoms with Crippen LogP contribution in [-0.4, -0.2) is 56.0 Å². The number of rotatable bonds is 5. The molecule has 0 saturated heterocycles. The van der Waals surface area contributed by atoms with Crippen LogP contribution in [0.3, 0.4) is 0 Å². The number of ether oxygens (including phenoxy) is 1. The van der Waals surface area contributed by atoms with Crippen molar-refractivity contribution in [3.05, 3.63) is 58.7 Å². The number of hydrogen-bond donors (Lipinski definition) is 6. The van der Waals surface area contributed by atoms with Gasteiger partial charge in [0.15, 0.2) is 0 Å². The van der Waals surface area contributed by atoms with E-state index in [1.165, 1.54) is 12.1 Å². The lowest BCUT2D eigenvalue weighted by molar-refractivity contribution is 0.0628. The SMILES string of the molecule is CC(C)(C)OC(=O)Nc1cc(C(=O)O)cc(C(=O)O)c1.Nc1cc(C(=O)O)cc(C(=O)O)c1. The molecule has 12 nitrogen and oxygen atoms in total. The summed E-state index contributed by atoms with van der Waals surface area (Å²) in [7, 11) is 0. The van der Waals surface area contributed by atoms with Crippen LogP contribution in [0.25, 0.3) is 0 Å². The number of carbonyl (C=O) groups excluding carboxylic acids is 1. The van der Waals surface area contributed by atoms with E-state index < -0.39 is 35.6 Å². The molecule has 0 atom stereocenters. The second-order valence-corrected chi connectivity index (χ2v) is 7.49. The van der Waals surface area contributed by atoms with Crippen LogP contribution in [0.2, 0.25) is 0 Å². The van der Waals surface area contributed by atoms with Gasteiger partial charge in [0.25, 0.3) is 0 Å². The van der Waals surface area contributed by atoms with E-state index in [0.717, 1.165) is 24.3 Å². The molecule has 7 N–H and O–H groups in total. The number of carbonyl (C=O) groups is 5. The zero-order valence-corrected chi connectivity index (χ0v) is 17.8. The van der Waals surface area contributed by atoms with Gasteiger partial charge < -0.3 is 30.9 Å². The van der Waals surface area contributed by atoms with Crippen molar-refractivity contribution in [2.24, 2.45) is 0 Å². The summed E-state index contributed by atoms with van der Waals surface area (Å²) in [6, 6.07) is 6.77. The van der Waals surface area contributed by atoms with Crippen molar-refractivity contribution in [1.29, 1.82) is 0 Å². The Morgan fingerprint density at radius 2 is 1.03 bits per heavy atom. The third-order valence-corrected chi connectivity index (χ3v) is 3.52. The van der Waals surface area contributed by atoms with Gasteiger partial charge in [0, 0.05) is 11.4 Å². The molecule has 1 amide bonds. The van der Waals surface area contributed by atoms with Crippen molar-refractivity contribution in [2.45, 2.75) is 26.4 Å². The number of nitrogens with two attached hydrogens (primary N) is 1. The standard InChI is InChI=1S/C13H15NO6.C8H7NO4/c1-13(2,3)20-12(19)14-9-5-7(10(15)16)4-8(6-9)11(17)18;9-6-2-4(7(10)11)1-5(3-6)8(12)13/h4-6H,1-3H3,(H,14,19)(H,15,16)(H,17,18);1-3H,9H2,(H,10,11)(H,12,13). The van der Waals surface area contributed by atoms with Crippen LogP contribution in [0.15, 0.2) is 36.4 Å². The number of carboxylic acids is 4. The molecule has 33 heavy (non-hydrogen) atoms. The number of carboxylic acid groups (broad SMARTS) is 4. The van der Waals surface area contributed by atoms with Gasteiger partial charge in [-0.25, -0.2) is 24.0 Å². The molecular formula is C21H22N2O10. The topological polar surface area (TPSA) is 214 Å². The first-order chi connectivity index (χ1) is 15.1. The van der Waals surface area contributed by atoms with E-state index in [-0.39, 0.29) is 33.6 Å². The van der Waals surface area contributed by atoms with Crippen LogP contribution < -0.4 is 11.1 Å². The summed E-state index contributed by atoms with van der Waals surface area (Å²) < 4.78 is 5.00. The van der Waals surface area contributed by atoms with Gasteiger partial charge in [-0.3, -0.25) is 5.32 Å². The van der Waals surface area contributed by atoms with Crippen LogP contribution in [0.5, 0.6) is 0 Å². The zero-order valence-electron chi connectivity index (χ0n) is 17.8. The molecule has 12 heteroatoms. The summed E-state index contributed by atoms with van der Waals surface area (Å²) in [6.07, 6.45) is -0.795. The molecule has 0 saturated carbocycles. The van der Waals surface area contributed by atoms with E-state index >= 15 is 0 Å². The number of hydrogen-bond acceptors (Lipinski definition) is 7. The van der Waals surface area contributed by atoms with Crippen molar-refractivity contribution in [1.82, 2.24) is 0 Å². The van der Waals surface area contributed by atoms with Crippen molar-refractivity contribution in [2.75, 3.05) is 11.1 Å². The van der Waals surface area contributed by atoms with Crippen LogP contribution in [0.1, 0.15) is 62.2 Å². The molecule has 0 aliphatic rings. The number of aromatic carboxylic acids is 4. The van der Waals surface area contributed by atoms with E-state index in [4.69, 9.17) is 30.9 Å². The predicted molar refractivity (Wildman–Crippen MR) is 115 cm³/mol. The number of amides is 1. The first-order valence-corrected chi connectivity index (χ1v) is 9.08. The summed E-state index contributed by atoms with van der Waals surface area (Å²) in [5.41, 5.74) is 4.02. The van der Waals surface area contributed by atoms with Gasteiger partial charge in [-0.2, -0.15) is 0 Å². The Bertz CT molecular complexity index is 1040. The molecule has 0 spiro atoms. The van der Waals surface area contributed by atoms with Crippen LogP contribution in [0.4, 0.5) is 16.2 Å². The Morgan fingerprint density at radius 3 is 1.33 bits per heavy atom. The third-order valence-electron chi connectivity index (χ3n) is 3.52. The van der Waals surface area contributed by atoms with Crippen LogP contribution in [-0.2, 0) is 4.74 Å². The number of benzene rings is 2. The van der Waals surface area contributed by atoms with Gasteiger partial charge in [0.05, 0.1) is 22.3 Å². The Hall–Kier alpha value is -4.61. The van der Waals surface area contributed by atoms with Gasteiger partial charge in [-0.1, -0.05) is 0 Å². The molecular weight excluding hydrogens is 440 g/mol. The molecule has 0 unspecified atom stereocenters. The lowest BCUT2D eigenvalue weighted by Gasteiger charge is -2.19. The Morgan fingerprint density at radius 1 is 0.697 bits per heavy atom. The zero-order chi connectivity index (χ0) is 25.5. The maximum Gasteiger partial charge on any atom is 0.412 e. The molecule has 0 fully saturated rings. The number of anilines is 2. The predicted octanol–water partition coefficient (Wildman–Crippen LogP) is 3.10. The molecule has 2 rings (SSSR count). The Labute approximate surface area is 187 Å². The average molecular weight is 462 g/mol. The van der Waals surface area contributed by atoms with Crippen molar-refractivity contribution >= 4 is 41.3 Å². The fraction of sp³-hybridized carbons (Fsp3) is 0.190. The normalized spacial score (nSPS) is 10.3. The summed E-state index contributed by atoms with van der Waals surface area (Å²) in [5.74, 6) is -4.98. The Kier molecular flexibility index (Phi) is 8.50. The van der Waals surface area contributed by atoms with Crippen molar-refractivity contribution < 1.29 is 49.1 Å². The fourth-order valence-electron chi connectivity index (χ4n) is 2.27. The highest BCUT2D eigenvalue weighted by atomic mass is 16.6. The molecule has 0 bridgehead atoms. The fourth-order valence-corrected chi connectivity index (χ4v) is 2.27. The van der Waals surface area contributed by atoms with Gasteiger partial charge in [-0.05, 0) is 57.2 Å². The molecule has 2 aromatic rings. The quantitative estimate of drug-likeness (QED) is 0.355. The van der Waals surface area contributed by atoms with Gasteiger partial charge in [-0.15, -0.1) is 0 Å². The highest BCUT2D eigenvalue weighted by Gasteiger charge is 2.18. The molecule has 0 aliphatic carbocycles. The molecule has 176 valence electrons. The first-order valence-electron chi connectivity index (χ1n) is 9.08. The summed E-state index contributed by atoms with van der Waals surface area (Å²) in [5, 5.41) is 37.2. The maximum absolute atomic E-state index is 11.6. The number of nitrogen functional groups attached to an aromatic ring is 1. The third kappa shape index (κ3) is 8.96. The highest BCUT2D eigenvalue weighted by molar-refractivity contribution is 5.97. The maximum atomic E-state index is 11.6. The molecule has 0 aliphatic heterocycles. The minimum Gasteiger partial charge on any atom is -0.478 e. The molecule has 0 radical (unpaired) electrons. The van der Waals surface area contributed by atoms with Crippen molar-refractivity contribution in [3.63, 3.8) is 0 Å². The van der Waals surface area contributed by atoms with Gasteiger partial charge in [0.1, 0.15) is 5.60 Å². The second-order valence-electron chi connectivity index (χ2n) is 7.49. The average Bonchev–Trinajstić information content (AvgIpc) is 2.65. The minimum absolute atomic E-state index is 0.0385. The van der Waals surface area contributed by atoms with E-state index in [1.807, 2.05) is 0 Å². The highest BCUT2D eigenvalue weighted by Crippen LogP contribution is 2.17. The molecule has 2 aromatic carbocycles. The smallest absolute Gasteiger partial charge is 0.412 e. The van der Waals surface area contributed by atoms with Crippen LogP contribution >= 0.6 is 0 Å². The van der Waals surface area contributed by atoms with Crippen molar-refractivity contribution in [3.8, 4) is 0 Å². The Balaban J connectivity index is 0.000000361. The van der Waals surface area contributed by atoms with Gasteiger partial charge >= 0.3 is 30.0 Å². The first kappa shape index (κ1) is 26.4. The van der Waals surface area contributed by atoms with Crippen LogP contribution in [0, 0.1) is 0 Å². The summed E-state index contributed by atoms with van der Waals surface area (Å²) in [6.45, 7) is 5.01. The lowest BCUT2D eigenvalue weighted by atomic mass is 10.1. The van der Waals surface area contributed by atoms with E-state index in [1.54, 1.807) is 20.8 Å². The minimum atomic E-state index is -1.29. The van der Waals surface area contributed by atoms with E-state index in [2.05, 4.69) is 5.32 Å². The van der Waals surface area contributed by atoms with E-state index in [9.17, 15) is 24.0 Å². The number of nitrogens with one attached hydrogen (secondary N) is 1. The largest absolute Gasteiger partial charge is 0.478 e. The lowest BCUT2D eigenvalue weighted by Crippen LogP contribution is -2.27. The monoisotopic (exact) mass is 462 g/mol. The van der Waals surface area contributed by atoms with E-state index in [0.29, 0.717) is 0 Å². The summed E-state index contributed by atoms with van der Waals surface area (Å²) in [4.78, 5) is 54.3. The summed E-state index contributed by atoms with van der Waals surface area (Å²) >= 11 is 0. The molecule has 0 heterocycles.